The zero-order chi connectivity index (χ0) is 13.9. The minimum Gasteiger partial charge on any atom is -0.301 e. The molecular formula is C16H35N. The molecular weight excluding hydrogens is 206 g/mol. The van der Waals surface area contributed by atoms with Crippen LogP contribution in [0.3, 0.4) is 0 Å². The van der Waals surface area contributed by atoms with Gasteiger partial charge in [0.2, 0.25) is 0 Å². The lowest BCUT2D eigenvalue weighted by Crippen LogP contribution is -2.41. The van der Waals surface area contributed by atoms with E-state index in [0.717, 1.165) is 0 Å². The number of rotatable bonds is 5. The van der Waals surface area contributed by atoms with E-state index in [0.29, 0.717) is 22.9 Å². The van der Waals surface area contributed by atoms with Gasteiger partial charge in [0.25, 0.3) is 0 Å². The van der Waals surface area contributed by atoms with Crippen LogP contribution in [0.4, 0.5) is 0 Å². The molecule has 0 saturated heterocycles. The molecule has 0 radical (unpaired) electrons. The third-order valence-electron chi connectivity index (χ3n) is 3.50. The van der Waals surface area contributed by atoms with E-state index in [1.165, 1.54) is 19.3 Å². The van der Waals surface area contributed by atoms with E-state index in [4.69, 9.17) is 0 Å². The van der Waals surface area contributed by atoms with E-state index in [-0.39, 0.29) is 0 Å². The van der Waals surface area contributed by atoms with Crippen LogP contribution in [0.15, 0.2) is 0 Å². The molecule has 0 bridgehead atoms. The fourth-order valence-electron chi connectivity index (χ4n) is 2.67. The van der Waals surface area contributed by atoms with Gasteiger partial charge in [0.15, 0.2) is 0 Å². The van der Waals surface area contributed by atoms with Gasteiger partial charge in [-0.3, -0.25) is 0 Å². The molecule has 0 aliphatic heterocycles. The molecule has 0 aromatic rings. The Morgan fingerprint density at radius 1 is 0.882 bits per heavy atom. The minimum atomic E-state index is 0.424. The molecule has 0 rings (SSSR count). The van der Waals surface area contributed by atoms with Crippen molar-refractivity contribution in [3.05, 3.63) is 0 Å². The van der Waals surface area contributed by atoms with E-state index in [1.54, 1.807) is 0 Å². The molecule has 0 aromatic heterocycles. The lowest BCUT2D eigenvalue weighted by molar-refractivity contribution is 0.109. The minimum absolute atomic E-state index is 0.424. The Bertz CT molecular complexity index is 207. The van der Waals surface area contributed by atoms with Crippen LogP contribution in [0.1, 0.15) is 74.7 Å². The van der Waals surface area contributed by atoms with Crippen molar-refractivity contribution in [2.45, 2.75) is 86.7 Å². The third-order valence-corrected chi connectivity index (χ3v) is 3.50. The average Bonchev–Trinajstić information content (AvgIpc) is 2.08. The number of hydrogen-bond acceptors (Lipinski definition) is 1. The molecule has 0 aliphatic rings. The largest absolute Gasteiger partial charge is 0.301 e. The standard InChI is InChI=1S/C16H35N/c1-10-14(12-16(6,7)8)17(9)13(2)11-15(3,4)5/h13-14H,10-12H2,1-9H3. The van der Waals surface area contributed by atoms with Crippen LogP contribution < -0.4 is 0 Å². The summed E-state index contributed by atoms with van der Waals surface area (Å²) in [6, 6.07) is 1.38. The third kappa shape index (κ3) is 7.81. The number of nitrogens with zero attached hydrogens (tertiary/aromatic N) is 1. The van der Waals surface area contributed by atoms with Crippen molar-refractivity contribution in [1.82, 2.24) is 4.90 Å². The second-order valence-corrected chi connectivity index (χ2v) is 8.11. The Morgan fingerprint density at radius 3 is 1.59 bits per heavy atom. The fraction of sp³-hybridized carbons (Fsp3) is 1.00. The second-order valence-electron chi connectivity index (χ2n) is 8.11. The van der Waals surface area contributed by atoms with Gasteiger partial charge in [0.05, 0.1) is 0 Å². The molecule has 0 heterocycles. The Morgan fingerprint density at radius 2 is 1.29 bits per heavy atom. The first-order chi connectivity index (χ1) is 7.46. The van der Waals surface area contributed by atoms with Gasteiger partial charge in [-0.25, -0.2) is 0 Å². The van der Waals surface area contributed by atoms with Gasteiger partial charge in [0, 0.05) is 12.1 Å². The van der Waals surface area contributed by atoms with Crippen molar-refractivity contribution < 1.29 is 0 Å². The highest BCUT2D eigenvalue weighted by Crippen LogP contribution is 2.29. The average molecular weight is 241 g/mol. The molecule has 0 aliphatic carbocycles. The van der Waals surface area contributed by atoms with Gasteiger partial charge in [-0.1, -0.05) is 48.5 Å². The molecule has 104 valence electrons. The molecule has 0 spiro atoms. The van der Waals surface area contributed by atoms with Crippen LogP contribution in [0.25, 0.3) is 0 Å². The molecule has 0 fully saturated rings. The summed E-state index contributed by atoms with van der Waals surface area (Å²) in [5.74, 6) is 0. The van der Waals surface area contributed by atoms with E-state index < -0.39 is 0 Å². The summed E-state index contributed by atoms with van der Waals surface area (Å²) < 4.78 is 0. The van der Waals surface area contributed by atoms with E-state index in [2.05, 4.69) is 67.3 Å². The number of hydrogen-bond donors (Lipinski definition) is 0. The van der Waals surface area contributed by atoms with Crippen molar-refractivity contribution in [2.24, 2.45) is 10.8 Å². The molecule has 2 atom stereocenters. The van der Waals surface area contributed by atoms with Crippen LogP contribution in [0, 0.1) is 10.8 Å². The monoisotopic (exact) mass is 241 g/mol. The van der Waals surface area contributed by atoms with Crippen LogP contribution in [-0.2, 0) is 0 Å². The van der Waals surface area contributed by atoms with Gasteiger partial charge in [-0.05, 0) is 44.1 Å². The van der Waals surface area contributed by atoms with E-state index >= 15 is 0 Å². The molecule has 0 saturated carbocycles. The van der Waals surface area contributed by atoms with Crippen molar-refractivity contribution in [1.29, 1.82) is 0 Å². The lowest BCUT2D eigenvalue weighted by Gasteiger charge is -2.38. The van der Waals surface area contributed by atoms with Crippen molar-refractivity contribution in [3.8, 4) is 0 Å². The first kappa shape index (κ1) is 17.0. The molecule has 1 heteroatoms. The van der Waals surface area contributed by atoms with Gasteiger partial charge in [-0.15, -0.1) is 0 Å². The summed E-state index contributed by atoms with van der Waals surface area (Å²) in [4.78, 5) is 2.59. The normalized spacial score (nSPS) is 17.3. The first-order valence-corrected chi connectivity index (χ1v) is 7.18. The zero-order valence-electron chi connectivity index (χ0n) is 13.7. The van der Waals surface area contributed by atoms with E-state index in [1.807, 2.05) is 0 Å². The van der Waals surface area contributed by atoms with Crippen LogP contribution in [0.2, 0.25) is 0 Å². The van der Waals surface area contributed by atoms with Crippen LogP contribution in [-0.4, -0.2) is 24.0 Å². The molecule has 17 heavy (non-hydrogen) atoms. The maximum Gasteiger partial charge on any atom is 0.00973 e. The SMILES string of the molecule is CCC(CC(C)(C)C)N(C)C(C)CC(C)(C)C. The molecule has 1 nitrogen and oxygen atoms in total. The quantitative estimate of drug-likeness (QED) is 0.658. The van der Waals surface area contributed by atoms with Crippen LogP contribution >= 0.6 is 0 Å². The maximum atomic E-state index is 2.59. The Kier molecular flexibility index (Phi) is 6.21. The van der Waals surface area contributed by atoms with Crippen molar-refractivity contribution in [3.63, 3.8) is 0 Å². The molecule has 0 amide bonds. The van der Waals surface area contributed by atoms with Gasteiger partial charge >= 0.3 is 0 Å². The van der Waals surface area contributed by atoms with Crippen molar-refractivity contribution >= 4 is 0 Å². The summed E-state index contributed by atoms with van der Waals surface area (Å²) in [5.41, 5.74) is 0.851. The summed E-state index contributed by atoms with van der Waals surface area (Å²) in [5, 5.41) is 0. The first-order valence-electron chi connectivity index (χ1n) is 7.18. The Labute approximate surface area is 110 Å². The molecule has 2 unspecified atom stereocenters. The lowest BCUT2D eigenvalue weighted by atomic mass is 9.84. The smallest absolute Gasteiger partial charge is 0.00973 e. The van der Waals surface area contributed by atoms with Gasteiger partial charge in [0.1, 0.15) is 0 Å². The predicted octanol–water partition coefficient (Wildman–Crippen LogP) is 4.96. The summed E-state index contributed by atoms with van der Waals surface area (Å²) in [6.07, 6.45) is 3.81. The van der Waals surface area contributed by atoms with Crippen molar-refractivity contribution in [2.75, 3.05) is 7.05 Å². The zero-order valence-corrected chi connectivity index (χ0v) is 13.7. The summed E-state index contributed by atoms with van der Waals surface area (Å²) in [7, 11) is 2.30. The Hall–Kier alpha value is -0.0400. The summed E-state index contributed by atoms with van der Waals surface area (Å²) in [6.45, 7) is 18.7. The van der Waals surface area contributed by atoms with E-state index in [9.17, 15) is 0 Å². The summed E-state index contributed by atoms with van der Waals surface area (Å²) >= 11 is 0. The molecule has 0 N–H and O–H groups in total. The predicted molar refractivity (Wildman–Crippen MR) is 79.4 cm³/mol. The highest BCUT2D eigenvalue weighted by molar-refractivity contribution is 4.80. The van der Waals surface area contributed by atoms with Crippen LogP contribution in [0.5, 0.6) is 0 Å². The Balaban J connectivity index is 4.48. The molecule has 0 aromatic carbocycles. The highest BCUT2D eigenvalue weighted by atomic mass is 15.2. The fourth-order valence-corrected chi connectivity index (χ4v) is 2.67. The second kappa shape index (κ2) is 6.22. The maximum absolute atomic E-state index is 2.59. The highest BCUT2D eigenvalue weighted by Gasteiger charge is 2.26. The van der Waals surface area contributed by atoms with Gasteiger partial charge < -0.3 is 4.90 Å². The topological polar surface area (TPSA) is 3.24 Å². The van der Waals surface area contributed by atoms with Gasteiger partial charge in [-0.2, -0.15) is 0 Å².